The van der Waals surface area contributed by atoms with E-state index in [0.717, 1.165) is 19.3 Å². The predicted molar refractivity (Wildman–Crippen MR) is 107 cm³/mol. The predicted octanol–water partition coefficient (Wildman–Crippen LogP) is 0.936. The van der Waals surface area contributed by atoms with E-state index in [1.165, 1.54) is 70.6 Å². The normalized spacial score (nSPS) is 12.1. The zero-order valence-electron chi connectivity index (χ0n) is 17.4. The third-order valence-corrected chi connectivity index (χ3v) is 6.80. The smallest absolute Gasteiger partial charge is 0.748 e. The van der Waals surface area contributed by atoms with E-state index in [-0.39, 0.29) is 29.6 Å². The van der Waals surface area contributed by atoms with Crippen molar-refractivity contribution in [2.24, 2.45) is 0 Å². The van der Waals surface area contributed by atoms with Crippen LogP contribution in [-0.4, -0.2) is 39.4 Å². The molecule has 0 spiro atoms. The van der Waals surface area contributed by atoms with Crippen LogP contribution in [0, 0.1) is 0 Å². The Morgan fingerprint density at radius 3 is 1.37 bits per heavy atom. The Hall–Kier alpha value is 0.820. The maximum atomic E-state index is 11.5. The number of rotatable bonds is 19. The van der Waals surface area contributed by atoms with Crippen molar-refractivity contribution in [3.05, 3.63) is 0 Å². The van der Waals surface area contributed by atoms with Gasteiger partial charge in [-0.05, 0) is 6.42 Å². The summed E-state index contributed by atoms with van der Waals surface area (Å²) in [5, 5.41) is 0. The molecule has 0 saturated carbocycles. The van der Waals surface area contributed by atoms with E-state index in [0.29, 0.717) is 6.54 Å². The summed E-state index contributed by atoms with van der Waals surface area (Å²) in [6, 6.07) is 0. The SMILES string of the molecule is CCCCCCCCCCCCCCCCNS(=O)(=O)CCS(=O)(=O)[O-].[Na+]. The van der Waals surface area contributed by atoms with Gasteiger partial charge in [-0.1, -0.05) is 90.4 Å². The minimum Gasteiger partial charge on any atom is -0.748 e. The van der Waals surface area contributed by atoms with Gasteiger partial charge in [0.05, 0.1) is 21.6 Å². The van der Waals surface area contributed by atoms with Gasteiger partial charge < -0.3 is 4.55 Å². The van der Waals surface area contributed by atoms with Gasteiger partial charge in [-0.3, -0.25) is 0 Å². The molecule has 1 N–H and O–H groups in total. The van der Waals surface area contributed by atoms with Crippen LogP contribution in [0.1, 0.15) is 96.8 Å². The molecule has 0 aliphatic heterocycles. The van der Waals surface area contributed by atoms with E-state index in [9.17, 15) is 21.4 Å². The quantitative estimate of drug-likeness (QED) is 0.185. The van der Waals surface area contributed by atoms with Crippen LogP contribution < -0.4 is 34.3 Å². The fraction of sp³-hybridized carbons (Fsp3) is 1.00. The molecule has 0 atom stereocenters. The molecule has 0 aromatic rings. The molecule has 0 unspecified atom stereocenters. The molecule has 0 bridgehead atoms. The van der Waals surface area contributed by atoms with Crippen molar-refractivity contribution in [2.45, 2.75) is 96.8 Å². The molecule has 27 heavy (non-hydrogen) atoms. The molecule has 0 amide bonds. The van der Waals surface area contributed by atoms with E-state index < -0.39 is 31.6 Å². The van der Waals surface area contributed by atoms with Crippen molar-refractivity contribution in [1.82, 2.24) is 4.72 Å². The largest absolute Gasteiger partial charge is 1.00 e. The third kappa shape index (κ3) is 24.8. The molecule has 6 nitrogen and oxygen atoms in total. The van der Waals surface area contributed by atoms with Gasteiger partial charge in [-0.2, -0.15) is 0 Å². The van der Waals surface area contributed by atoms with E-state index in [4.69, 9.17) is 0 Å². The second kappa shape index (κ2) is 18.8. The first-order valence-electron chi connectivity index (χ1n) is 10.2. The van der Waals surface area contributed by atoms with Crippen LogP contribution in [0.4, 0.5) is 0 Å². The molecule has 158 valence electrons. The number of hydrogen-bond donors (Lipinski definition) is 1. The molecule has 0 fully saturated rings. The summed E-state index contributed by atoms with van der Waals surface area (Å²) in [5.41, 5.74) is 0. The molecule has 0 saturated heterocycles. The van der Waals surface area contributed by atoms with Crippen LogP contribution >= 0.6 is 0 Å². The molecule has 0 radical (unpaired) electrons. The summed E-state index contributed by atoms with van der Waals surface area (Å²) in [6.07, 6.45) is 17.3. The van der Waals surface area contributed by atoms with E-state index >= 15 is 0 Å². The summed E-state index contributed by atoms with van der Waals surface area (Å²) < 4.78 is 56.7. The summed E-state index contributed by atoms with van der Waals surface area (Å²) >= 11 is 0. The van der Waals surface area contributed by atoms with Crippen LogP contribution in [-0.2, 0) is 20.1 Å². The Morgan fingerprint density at radius 2 is 1.00 bits per heavy atom. The van der Waals surface area contributed by atoms with Gasteiger partial charge in [-0.25, -0.2) is 21.6 Å². The van der Waals surface area contributed by atoms with Crippen molar-refractivity contribution in [3.8, 4) is 0 Å². The standard InChI is InChI=1S/C18H39NO5S2.Na/c1-2-3-4-5-6-7-8-9-10-11-12-13-14-15-16-19-25(20,21)17-18-26(22,23)24;/h19H,2-18H2,1H3,(H,22,23,24);/q;+1/p-1. The van der Waals surface area contributed by atoms with Gasteiger partial charge in [0, 0.05) is 6.54 Å². The topological polar surface area (TPSA) is 103 Å². The van der Waals surface area contributed by atoms with Crippen molar-refractivity contribution < 1.29 is 50.9 Å². The molecule has 0 aliphatic rings. The van der Waals surface area contributed by atoms with Crippen molar-refractivity contribution in [1.29, 1.82) is 0 Å². The maximum Gasteiger partial charge on any atom is 1.00 e. The van der Waals surface area contributed by atoms with Crippen molar-refractivity contribution >= 4 is 20.1 Å². The third-order valence-electron chi connectivity index (χ3n) is 4.45. The minimum absolute atomic E-state index is 0. The Bertz CT molecular complexity index is 524. The molecular formula is C18H38NNaO5S2. The van der Waals surface area contributed by atoms with E-state index in [1.807, 2.05) is 0 Å². The maximum absolute atomic E-state index is 11.5. The zero-order valence-corrected chi connectivity index (χ0v) is 21.0. The summed E-state index contributed by atoms with van der Waals surface area (Å²) in [5.74, 6) is -1.53. The van der Waals surface area contributed by atoms with Gasteiger partial charge in [0.2, 0.25) is 10.0 Å². The summed E-state index contributed by atoms with van der Waals surface area (Å²) in [6.45, 7) is 2.55. The first kappa shape index (κ1) is 30.0. The fourth-order valence-corrected chi connectivity index (χ4v) is 5.12. The van der Waals surface area contributed by atoms with Crippen LogP contribution in [0.15, 0.2) is 0 Å². The number of sulfonamides is 1. The van der Waals surface area contributed by atoms with Crippen LogP contribution in [0.3, 0.4) is 0 Å². The van der Waals surface area contributed by atoms with Gasteiger partial charge >= 0.3 is 29.6 Å². The average molecular weight is 436 g/mol. The Morgan fingerprint density at radius 1 is 0.630 bits per heavy atom. The van der Waals surface area contributed by atoms with Crippen LogP contribution in [0.2, 0.25) is 0 Å². The molecule has 0 aromatic carbocycles. The molecular weight excluding hydrogens is 397 g/mol. The Labute approximate surface area is 189 Å². The average Bonchev–Trinajstić information content (AvgIpc) is 2.56. The van der Waals surface area contributed by atoms with E-state index in [2.05, 4.69) is 11.6 Å². The summed E-state index contributed by atoms with van der Waals surface area (Å²) in [7, 11) is -8.15. The molecule has 0 heterocycles. The monoisotopic (exact) mass is 435 g/mol. The number of unbranched alkanes of at least 4 members (excludes halogenated alkanes) is 13. The fourth-order valence-electron chi connectivity index (χ4n) is 2.83. The first-order chi connectivity index (χ1) is 12.3. The minimum atomic E-state index is -4.49. The van der Waals surface area contributed by atoms with Crippen molar-refractivity contribution in [2.75, 3.05) is 18.1 Å². The van der Waals surface area contributed by atoms with Gasteiger partial charge in [0.15, 0.2) is 0 Å². The number of nitrogens with one attached hydrogen (secondary N) is 1. The molecule has 0 aliphatic carbocycles. The summed E-state index contributed by atoms with van der Waals surface area (Å²) in [4.78, 5) is 0. The van der Waals surface area contributed by atoms with Crippen LogP contribution in [0.5, 0.6) is 0 Å². The second-order valence-corrected chi connectivity index (χ2v) is 10.5. The zero-order chi connectivity index (χ0) is 19.7. The van der Waals surface area contributed by atoms with Crippen molar-refractivity contribution in [3.63, 3.8) is 0 Å². The number of hydrogen-bond acceptors (Lipinski definition) is 5. The Balaban J connectivity index is 0. The molecule has 9 heteroatoms. The molecule has 0 aromatic heterocycles. The first-order valence-corrected chi connectivity index (χ1v) is 13.4. The van der Waals surface area contributed by atoms with Gasteiger partial charge in [0.1, 0.15) is 0 Å². The van der Waals surface area contributed by atoms with Crippen LogP contribution in [0.25, 0.3) is 0 Å². The Kier molecular flexibility index (Phi) is 20.9. The second-order valence-electron chi connectivity index (χ2n) is 7.07. The van der Waals surface area contributed by atoms with Gasteiger partial charge in [0.25, 0.3) is 0 Å². The molecule has 0 rings (SSSR count). The van der Waals surface area contributed by atoms with E-state index in [1.54, 1.807) is 0 Å². The van der Waals surface area contributed by atoms with Gasteiger partial charge in [-0.15, -0.1) is 0 Å².